The summed E-state index contributed by atoms with van der Waals surface area (Å²) in [7, 11) is 0. The topological polar surface area (TPSA) is 18.5 Å². The molecule has 0 aliphatic carbocycles. The van der Waals surface area contributed by atoms with E-state index in [0.29, 0.717) is 0 Å². The molecule has 1 aliphatic heterocycles. The normalized spacial score (nSPS) is 19.8. The molecule has 0 radical (unpaired) electrons. The van der Waals surface area contributed by atoms with Crippen molar-refractivity contribution < 1.29 is 9.47 Å². The second-order valence-corrected chi connectivity index (χ2v) is 19.8. The van der Waals surface area contributed by atoms with E-state index in [1.807, 2.05) is 0 Å². The summed E-state index contributed by atoms with van der Waals surface area (Å²) >= 11 is -3.41. The molecule has 4 aromatic rings. The molecule has 5 rings (SSSR count). The Balaban J connectivity index is 1.46. The van der Waals surface area contributed by atoms with Crippen molar-refractivity contribution >= 4 is 39.6 Å². The van der Waals surface area contributed by atoms with Crippen molar-refractivity contribution in [3.05, 3.63) is 136 Å². The van der Waals surface area contributed by atoms with Crippen LogP contribution in [-0.4, -0.2) is 26.9 Å². The van der Waals surface area contributed by atoms with E-state index < -0.39 is 45.4 Å². The van der Waals surface area contributed by atoms with Crippen molar-refractivity contribution in [3.8, 4) is 0 Å². The monoisotopic (exact) mass is 690 g/mol. The van der Waals surface area contributed by atoms with Gasteiger partial charge >= 0.3 is 225 Å². The molecule has 0 unspecified atom stereocenters. The van der Waals surface area contributed by atoms with Crippen LogP contribution in [0.5, 0.6) is 0 Å². The van der Waals surface area contributed by atoms with E-state index in [1.165, 1.54) is 14.3 Å². The molecule has 1 fully saturated rings. The molecule has 1 saturated heterocycles. The molecular formula is C31H32I2O2. The average molecular weight is 690 g/mol. The molecule has 0 saturated carbocycles. The summed E-state index contributed by atoms with van der Waals surface area (Å²) in [6.07, 6.45) is 0.200. The van der Waals surface area contributed by atoms with Gasteiger partial charge in [0.1, 0.15) is 0 Å². The van der Waals surface area contributed by atoms with E-state index in [4.69, 9.17) is 9.47 Å². The molecule has 4 heteroatoms. The summed E-state index contributed by atoms with van der Waals surface area (Å²) in [5.41, 5.74) is 0. The SMILES string of the molecule is CC1(C)O[C@@H](CI(c2ccccc2)c2ccccc2)[C@H](CI(c2ccccc2)c2ccccc2)O1. The van der Waals surface area contributed by atoms with Crippen LogP contribution in [-0.2, 0) is 9.47 Å². The van der Waals surface area contributed by atoms with Gasteiger partial charge in [0.05, 0.1) is 0 Å². The van der Waals surface area contributed by atoms with Gasteiger partial charge in [-0.1, -0.05) is 0 Å². The summed E-state index contributed by atoms with van der Waals surface area (Å²) in [5.74, 6) is -0.556. The van der Waals surface area contributed by atoms with Gasteiger partial charge in [0.15, 0.2) is 0 Å². The molecule has 2 nitrogen and oxygen atoms in total. The zero-order valence-corrected chi connectivity index (χ0v) is 24.5. The van der Waals surface area contributed by atoms with Crippen LogP contribution in [0.4, 0.5) is 0 Å². The standard InChI is InChI=1S/C31H32I2O2/c1-31(2)34-29(23-32(25-15-7-3-8-16-25)26-17-9-4-10-18-26)30(35-31)24-33(27-19-11-5-12-20-27)28-21-13-6-14-22-28/h3-22,29-30H,23-24H2,1-2H3/t29-,30-/m0/s1. The van der Waals surface area contributed by atoms with Gasteiger partial charge in [-0.25, -0.2) is 0 Å². The van der Waals surface area contributed by atoms with Gasteiger partial charge in [0.2, 0.25) is 0 Å². The molecule has 1 aliphatic rings. The predicted octanol–water partition coefficient (Wildman–Crippen LogP) is 8.00. The molecule has 182 valence electrons. The minimum atomic E-state index is -1.70. The van der Waals surface area contributed by atoms with E-state index in [2.05, 4.69) is 135 Å². The maximum atomic E-state index is 6.65. The molecule has 2 atom stereocenters. The molecule has 4 aromatic carbocycles. The first kappa shape index (κ1) is 24.9. The minimum absolute atomic E-state index is 0.0998. The third-order valence-electron chi connectivity index (χ3n) is 5.88. The Morgan fingerprint density at radius 3 is 1.00 bits per heavy atom. The third-order valence-corrected chi connectivity index (χ3v) is 18.3. The number of rotatable bonds is 8. The van der Waals surface area contributed by atoms with Crippen LogP contribution >= 0.6 is 39.6 Å². The number of benzene rings is 4. The van der Waals surface area contributed by atoms with E-state index in [0.717, 1.165) is 8.86 Å². The Bertz CT molecular complexity index is 1010. The molecule has 0 spiro atoms. The molecule has 0 aromatic heterocycles. The van der Waals surface area contributed by atoms with Gasteiger partial charge in [0, 0.05) is 0 Å². The summed E-state index contributed by atoms with van der Waals surface area (Å²) in [6, 6.07) is 44.3. The van der Waals surface area contributed by atoms with Crippen LogP contribution in [0.25, 0.3) is 0 Å². The number of ether oxygens (including phenoxy) is 2. The fourth-order valence-electron chi connectivity index (χ4n) is 4.35. The number of hydrogen-bond donors (Lipinski definition) is 0. The molecular weight excluding hydrogens is 658 g/mol. The number of alkyl halides is 2. The first-order valence-electron chi connectivity index (χ1n) is 12.0. The van der Waals surface area contributed by atoms with Gasteiger partial charge in [-0.3, -0.25) is 0 Å². The zero-order valence-electron chi connectivity index (χ0n) is 20.2. The second-order valence-electron chi connectivity index (χ2n) is 8.93. The first-order chi connectivity index (χ1) is 17.1. The zero-order chi connectivity index (χ0) is 24.1. The summed E-state index contributed by atoms with van der Waals surface area (Å²) in [6.45, 7) is 4.15. The van der Waals surface area contributed by atoms with Crippen molar-refractivity contribution in [2.75, 3.05) is 8.86 Å². The summed E-state index contributed by atoms with van der Waals surface area (Å²) < 4.78 is 21.3. The average Bonchev–Trinajstić information content (AvgIpc) is 3.20. The van der Waals surface area contributed by atoms with Crippen molar-refractivity contribution in [1.29, 1.82) is 0 Å². The van der Waals surface area contributed by atoms with Crippen LogP contribution in [0.2, 0.25) is 0 Å². The summed E-state index contributed by atoms with van der Waals surface area (Å²) in [5, 5.41) is 0. The Morgan fingerprint density at radius 2 is 0.743 bits per heavy atom. The molecule has 0 N–H and O–H groups in total. The molecule has 0 amide bonds. The first-order valence-corrected chi connectivity index (χ1v) is 19.3. The molecule has 1 heterocycles. The Morgan fingerprint density at radius 1 is 0.486 bits per heavy atom. The second kappa shape index (κ2) is 11.5. The van der Waals surface area contributed by atoms with Gasteiger partial charge in [0.25, 0.3) is 0 Å². The van der Waals surface area contributed by atoms with E-state index >= 15 is 0 Å². The number of halogens is 2. The van der Waals surface area contributed by atoms with E-state index in [-0.39, 0.29) is 12.2 Å². The Labute approximate surface area is 223 Å². The van der Waals surface area contributed by atoms with Crippen molar-refractivity contribution in [1.82, 2.24) is 0 Å². The van der Waals surface area contributed by atoms with Crippen LogP contribution in [0.3, 0.4) is 0 Å². The maximum absolute atomic E-state index is 6.65. The van der Waals surface area contributed by atoms with Gasteiger partial charge in [-0.15, -0.1) is 0 Å². The van der Waals surface area contributed by atoms with Crippen LogP contribution in [0, 0.1) is 14.3 Å². The van der Waals surface area contributed by atoms with Gasteiger partial charge in [-0.05, 0) is 0 Å². The van der Waals surface area contributed by atoms with E-state index in [9.17, 15) is 0 Å². The van der Waals surface area contributed by atoms with Crippen molar-refractivity contribution in [2.45, 2.75) is 31.8 Å². The number of hydrogen-bond acceptors (Lipinski definition) is 2. The van der Waals surface area contributed by atoms with Gasteiger partial charge < -0.3 is 0 Å². The van der Waals surface area contributed by atoms with Crippen molar-refractivity contribution in [2.24, 2.45) is 0 Å². The molecule has 35 heavy (non-hydrogen) atoms. The van der Waals surface area contributed by atoms with Crippen LogP contribution in [0.15, 0.2) is 121 Å². The Hall–Kier alpha value is -1.74. The fraction of sp³-hybridized carbons (Fsp3) is 0.226. The van der Waals surface area contributed by atoms with Crippen LogP contribution in [0.1, 0.15) is 13.8 Å². The fourth-order valence-corrected chi connectivity index (χ4v) is 16.2. The van der Waals surface area contributed by atoms with E-state index in [1.54, 1.807) is 0 Å². The molecule has 0 bridgehead atoms. The van der Waals surface area contributed by atoms with Crippen molar-refractivity contribution in [3.63, 3.8) is 0 Å². The third kappa shape index (κ3) is 6.34. The predicted molar refractivity (Wildman–Crippen MR) is 162 cm³/mol. The summed E-state index contributed by atoms with van der Waals surface area (Å²) in [4.78, 5) is 0. The quantitative estimate of drug-likeness (QED) is 0.138. The Kier molecular flexibility index (Phi) is 8.22. The van der Waals surface area contributed by atoms with Crippen LogP contribution < -0.4 is 0 Å². The van der Waals surface area contributed by atoms with Gasteiger partial charge in [-0.2, -0.15) is 0 Å².